The van der Waals surface area contributed by atoms with Gasteiger partial charge in [-0.2, -0.15) is 5.10 Å². The number of phenolic OH excluding ortho intramolecular Hbond substituents is 1. The number of halogens is 1. The maximum absolute atomic E-state index is 13.3. The molecule has 0 saturated carbocycles. The number of aromatic amines is 1. The molecule has 0 fully saturated rings. The third-order valence-corrected chi connectivity index (χ3v) is 5.77. The Morgan fingerprint density at radius 3 is 2.62 bits per heavy atom. The number of fused-ring (bicyclic) bond motifs is 1. The lowest BCUT2D eigenvalue weighted by Crippen LogP contribution is -2.30. The summed E-state index contributed by atoms with van der Waals surface area (Å²) in [7, 11) is 1.55. The van der Waals surface area contributed by atoms with Crippen LogP contribution in [0.5, 0.6) is 11.5 Å². The van der Waals surface area contributed by atoms with Gasteiger partial charge in [0.1, 0.15) is 11.5 Å². The van der Waals surface area contributed by atoms with E-state index < -0.39 is 0 Å². The van der Waals surface area contributed by atoms with E-state index in [1.54, 1.807) is 24.1 Å². The van der Waals surface area contributed by atoms with E-state index in [0.29, 0.717) is 35.8 Å². The third kappa shape index (κ3) is 4.41. The molecule has 0 aliphatic heterocycles. The summed E-state index contributed by atoms with van der Waals surface area (Å²) in [5.41, 5.74) is 3.78. The van der Waals surface area contributed by atoms with E-state index in [-0.39, 0.29) is 17.2 Å². The standard InChI is InChI=1S/C25H24ClN3O3/c1-3-29(15-17-9-10-20(26)24(12-17)32-2)25(31)19-13-18-21(11-16-7-5-4-6-8-16)27-28-22(18)14-23(19)30/h4-10,12-14,30H,3,11,15H2,1-2H3,(H,27,28). The van der Waals surface area contributed by atoms with Crippen molar-refractivity contribution in [2.45, 2.75) is 19.9 Å². The van der Waals surface area contributed by atoms with Crippen LogP contribution in [0, 0.1) is 0 Å². The van der Waals surface area contributed by atoms with E-state index in [0.717, 1.165) is 22.2 Å². The number of nitrogens with one attached hydrogen (secondary N) is 1. The first-order chi connectivity index (χ1) is 15.5. The zero-order valence-corrected chi connectivity index (χ0v) is 18.7. The predicted molar refractivity (Wildman–Crippen MR) is 125 cm³/mol. The summed E-state index contributed by atoms with van der Waals surface area (Å²) >= 11 is 6.12. The Morgan fingerprint density at radius 2 is 1.91 bits per heavy atom. The minimum Gasteiger partial charge on any atom is -0.507 e. The highest BCUT2D eigenvalue weighted by Gasteiger charge is 2.21. The Kier molecular flexibility index (Phi) is 6.32. The van der Waals surface area contributed by atoms with Crippen molar-refractivity contribution < 1.29 is 14.6 Å². The summed E-state index contributed by atoms with van der Waals surface area (Å²) in [5.74, 6) is 0.209. The Balaban J connectivity index is 1.64. The predicted octanol–water partition coefficient (Wildman–Crippen LogP) is 5.18. The second-order valence-corrected chi connectivity index (χ2v) is 7.95. The third-order valence-electron chi connectivity index (χ3n) is 5.46. The first kappa shape index (κ1) is 21.7. The van der Waals surface area contributed by atoms with Crippen LogP contribution in [0.15, 0.2) is 60.7 Å². The molecule has 1 aromatic heterocycles. The summed E-state index contributed by atoms with van der Waals surface area (Å²) in [6.07, 6.45) is 0.651. The molecule has 0 bridgehead atoms. The average molecular weight is 450 g/mol. The second kappa shape index (κ2) is 9.32. The molecule has 4 rings (SSSR count). The van der Waals surface area contributed by atoms with Gasteiger partial charge in [-0.3, -0.25) is 9.89 Å². The van der Waals surface area contributed by atoms with Gasteiger partial charge in [0.2, 0.25) is 0 Å². The molecule has 0 aliphatic carbocycles. The number of carbonyl (C=O) groups excluding carboxylic acids is 1. The SMILES string of the molecule is CCN(Cc1ccc(Cl)c(OC)c1)C(=O)c1cc2c(Cc3ccccc3)[nH]nc2cc1O. The number of aromatic hydroxyl groups is 1. The lowest BCUT2D eigenvalue weighted by Gasteiger charge is -2.22. The zero-order chi connectivity index (χ0) is 22.7. The summed E-state index contributed by atoms with van der Waals surface area (Å²) in [6, 6.07) is 18.7. The molecule has 0 spiro atoms. The van der Waals surface area contributed by atoms with Crippen molar-refractivity contribution in [3.63, 3.8) is 0 Å². The molecule has 1 amide bonds. The van der Waals surface area contributed by atoms with Crippen molar-refractivity contribution in [2.24, 2.45) is 0 Å². The quantitative estimate of drug-likeness (QED) is 0.407. The first-order valence-corrected chi connectivity index (χ1v) is 10.7. The first-order valence-electron chi connectivity index (χ1n) is 10.4. The van der Waals surface area contributed by atoms with Gasteiger partial charge in [-0.25, -0.2) is 0 Å². The van der Waals surface area contributed by atoms with Crippen molar-refractivity contribution in [1.82, 2.24) is 15.1 Å². The summed E-state index contributed by atoms with van der Waals surface area (Å²) < 4.78 is 5.28. The highest BCUT2D eigenvalue weighted by molar-refractivity contribution is 6.32. The number of hydrogen-bond acceptors (Lipinski definition) is 4. The summed E-state index contributed by atoms with van der Waals surface area (Å²) in [4.78, 5) is 15.0. The van der Waals surface area contributed by atoms with E-state index in [1.807, 2.05) is 49.4 Å². The molecule has 0 atom stereocenters. The van der Waals surface area contributed by atoms with Gasteiger partial charge in [0.15, 0.2) is 0 Å². The minimum atomic E-state index is -0.257. The van der Waals surface area contributed by atoms with Crippen LogP contribution in [0.2, 0.25) is 5.02 Å². The lowest BCUT2D eigenvalue weighted by atomic mass is 10.0. The van der Waals surface area contributed by atoms with Crippen LogP contribution in [0.3, 0.4) is 0 Å². The molecule has 3 aromatic carbocycles. The Morgan fingerprint density at radius 1 is 1.12 bits per heavy atom. The van der Waals surface area contributed by atoms with Crippen LogP contribution in [0.4, 0.5) is 0 Å². The molecule has 164 valence electrons. The molecule has 0 aliphatic rings. The van der Waals surface area contributed by atoms with Crippen molar-refractivity contribution >= 4 is 28.4 Å². The number of hydrogen-bond donors (Lipinski definition) is 2. The number of methoxy groups -OCH3 is 1. The van der Waals surface area contributed by atoms with Gasteiger partial charge in [0, 0.05) is 36.7 Å². The molecule has 1 heterocycles. The van der Waals surface area contributed by atoms with Gasteiger partial charge in [-0.1, -0.05) is 48.0 Å². The Bertz CT molecular complexity index is 1250. The Labute approximate surface area is 191 Å². The lowest BCUT2D eigenvalue weighted by molar-refractivity contribution is 0.0749. The van der Waals surface area contributed by atoms with Crippen LogP contribution in [-0.4, -0.2) is 39.8 Å². The molecule has 0 saturated heterocycles. The number of nitrogens with zero attached hydrogens (tertiary/aromatic N) is 2. The molecule has 4 aromatic rings. The van der Waals surface area contributed by atoms with Crippen molar-refractivity contribution in [2.75, 3.05) is 13.7 Å². The number of H-pyrrole nitrogens is 1. The average Bonchev–Trinajstić information content (AvgIpc) is 3.19. The minimum absolute atomic E-state index is 0.0904. The van der Waals surface area contributed by atoms with Crippen LogP contribution >= 0.6 is 11.6 Å². The van der Waals surface area contributed by atoms with Gasteiger partial charge >= 0.3 is 0 Å². The van der Waals surface area contributed by atoms with E-state index >= 15 is 0 Å². The van der Waals surface area contributed by atoms with E-state index in [4.69, 9.17) is 16.3 Å². The van der Waals surface area contributed by atoms with Crippen LogP contribution < -0.4 is 4.74 Å². The zero-order valence-electron chi connectivity index (χ0n) is 17.9. The highest BCUT2D eigenvalue weighted by atomic mass is 35.5. The smallest absolute Gasteiger partial charge is 0.257 e. The fourth-order valence-corrected chi connectivity index (χ4v) is 3.92. The molecule has 7 heteroatoms. The second-order valence-electron chi connectivity index (χ2n) is 7.54. The van der Waals surface area contributed by atoms with Gasteiger partial charge in [-0.15, -0.1) is 0 Å². The summed E-state index contributed by atoms with van der Waals surface area (Å²) in [6.45, 7) is 2.74. The molecule has 32 heavy (non-hydrogen) atoms. The fraction of sp³-hybridized carbons (Fsp3) is 0.200. The number of amides is 1. The molecule has 2 N–H and O–H groups in total. The number of benzene rings is 3. The molecular formula is C25H24ClN3O3. The van der Waals surface area contributed by atoms with Crippen molar-refractivity contribution in [1.29, 1.82) is 0 Å². The number of rotatable bonds is 7. The van der Waals surface area contributed by atoms with Crippen LogP contribution in [-0.2, 0) is 13.0 Å². The topological polar surface area (TPSA) is 78.5 Å². The maximum Gasteiger partial charge on any atom is 0.257 e. The summed E-state index contributed by atoms with van der Waals surface area (Å²) in [5, 5.41) is 19.2. The highest BCUT2D eigenvalue weighted by Crippen LogP contribution is 2.29. The van der Waals surface area contributed by atoms with E-state index in [9.17, 15) is 9.90 Å². The molecular weight excluding hydrogens is 426 g/mol. The monoisotopic (exact) mass is 449 g/mol. The number of carbonyl (C=O) groups is 1. The van der Waals surface area contributed by atoms with E-state index in [1.165, 1.54) is 6.07 Å². The molecule has 6 nitrogen and oxygen atoms in total. The number of ether oxygens (including phenoxy) is 1. The largest absolute Gasteiger partial charge is 0.507 e. The fourth-order valence-electron chi connectivity index (χ4n) is 3.73. The Hall–Kier alpha value is -3.51. The number of phenols is 1. The molecule has 0 radical (unpaired) electrons. The van der Waals surface area contributed by atoms with Gasteiger partial charge in [-0.05, 0) is 36.2 Å². The van der Waals surface area contributed by atoms with Gasteiger partial charge in [0.25, 0.3) is 5.91 Å². The normalized spacial score (nSPS) is 11.0. The number of aromatic nitrogens is 2. The van der Waals surface area contributed by atoms with Gasteiger partial charge in [0.05, 0.1) is 23.2 Å². The molecule has 0 unspecified atom stereocenters. The van der Waals surface area contributed by atoms with Crippen molar-refractivity contribution in [3.8, 4) is 11.5 Å². The van der Waals surface area contributed by atoms with Crippen LogP contribution in [0.1, 0.15) is 34.1 Å². The van der Waals surface area contributed by atoms with Crippen molar-refractivity contribution in [3.05, 3.63) is 88.1 Å². The van der Waals surface area contributed by atoms with Crippen LogP contribution in [0.25, 0.3) is 10.9 Å². The van der Waals surface area contributed by atoms with E-state index in [2.05, 4.69) is 10.2 Å². The van der Waals surface area contributed by atoms with Gasteiger partial charge < -0.3 is 14.7 Å². The maximum atomic E-state index is 13.3.